The molecule has 6 nitrogen and oxygen atoms in total. The first kappa shape index (κ1) is 14.6. The number of aromatic nitrogens is 4. The van der Waals surface area contributed by atoms with Gasteiger partial charge in [-0.25, -0.2) is 4.79 Å². The van der Waals surface area contributed by atoms with Crippen LogP contribution in [0.3, 0.4) is 0 Å². The number of para-hydroxylation sites is 1. The van der Waals surface area contributed by atoms with Crippen molar-refractivity contribution in [1.29, 1.82) is 0 Å². The van der Waals surface area contributed by atoms with Crippen molar-refractivity contribution in [2.24, 2.45) is 7.05 Å². The van der Waals surface area contributed by atoms with Gasteiger partial charge in [-0.05, 0) is 30.0 Å². The number of hydrogen-bond donors (Lipinski definition) is 0. The van der Waals surface area contributed by atoms with Crippen molar-refractivity contribution in [2.45, 2.75) is 10.1 Å². The first-order valence-corrected chi connectivity index (χ1v) is 8.05. The lowest BCUT2D eigenvalue weighted by Gasteiger charge is -2.05. The van der Waals surface area contributed by atoms with Crippen LogP contribution >= 0.6 is 11.8 Å². The van der Waals surface area contributed by atoms with Crippen molar-refractivity contribution < 1.29 is 4.42 Å². The third kappa shape index (κ3) is 2.59. The highest BCUT2D eigenvalue weighted by Crippen LogP contribution is 2.32. The van der Waals surface area contributed by atoms with Crippen LogP contribution in [0.5, 0.6) is 0 Å². The largest absolute Gasteiger partial charge is 0.423 e. The topological polar surface area (TPSA) is 73.8 Å². The maximum atomic E-state index is 11.8. The highest BCUT2D eigenvalue weighted by atomic mass is 32.2. The molecule has 0 amide bonds. The van der Waals surface area contributed by atoms with Gasteiger partial charge in [0, 0.05) is 29.6 Å². The summed E-state index contributed by atoms with van der Waals surface area (Å²) in [6, 6.07) is 14.5. The first-order chi connectivity index (χ1) is 11.7. The van der Waals surface area contributed by atoms with Crippen LogP contribution in [-0.4, -0.2) is 19.7 Å². The lowest BCUT2D eigenvalue weighted by molar-refractivity contribution is 0.557. The third-order valence-corrected chi connectivity index (χ3v) is 4.64. The summed E-state index contributed by atoms with van der Waals surface area (Å²) in [6.07, 6.45) is 1.72. The van der Waals surface area contributed by atoms with Gasteiger partial charge in [0.15, 0.2) is 11.0 Å². The molecule has 0 spiro atoms. The molecule has 118 valence electrons. The molecule has 0 unspecified atom stereocenters. The zero-order valence-corrected chi connectivity index (χ0v) is 13.5. The summed E-state index contributed by atoms with van der Waals surface area (Å²) < 4.78 is 7.08. The highest BCUT2D eigenvalue weighted by Gasteiger charge is 2.15. The lowest BCUT2D eigenvalue weighted by atomic mass is 10.2. The summed E-state index contributed by atoms with van der Waals surface area (Å²) >= 11 is 1.37. The Kier molecular flexibility index (Phi) is 3.62. The number of benzene rings is 1. The minimum Gasteiger partial charge on any atom is -0.423 e. The average Bonchev–Trinajstić information content (AvgIpc) is 2.96. The molecular formula is C17H12N4O2S. The van der Waals surface area contributed by atoms with Crippen LogP contribution in [0, 0.1) is 0 Å². The zero-order valence-electron chi connectivity index (χ0n) is 12.7. The van der Waals surface area contributed by atoms with E-state index in [1.165, 1.54) is 17.8 Å². The predicted octanol–water partition coefficient (Wildman–Crippen LogP) is 3.13. The van der Waals surface area contributed by atoms with Crippen molar-refractivity contribution in [1.82, 2.24) is 19.7 Å². The monoisotopic (exact) mass is 336 g/mol. The molecule has 0 N–H and O–H groups in total. The Bertz CT molecular complexity index is 1070. The summed E-state index contributed by atoms with van der Waals surface area (Å²) in [7, 11) is 1.87. The molecule has 0 aliphatic rings. The number of rotatable bonds is 3. The van der Waals surface area contributed by atoms with E-state index >= 15 is 0 Å². The molecular weight excluding hydrogens is 324 g/mol. The molecule has 3 aromatic heterocycles. The van der Waals surface area contributed by atoms with Crippen molar-refractivity contribution in [3.63, 3.8) is 0 Å². The first-order valence-electron chi connectivity index (χ1n) is 7.24. The highest BCUT2D eigenvalue weighted by molar-refractivity contribution is 7.99. The molecule has 0 saturated carbocycles. The number of nitrogens with zero attached hydrogens (tertiary/aromatic N) is 4. The van der Waals surface area contributed by atoms with Gasteiger partial charge in [-0.2, -0.15) is 0 Å². The molecule has 0 saturated heterocycles. The SMILES string of the molecule is Cn1c(Sc2cc(=O)oc3ccccc23)nnc1-c1ccccn1. The summed E-state index contributed by atoms with van der Waals surface area (Å²) in [6.45, 7) is 0. The van der Waals surface area contributed by atoms with Crippen molar-refractivity contribution >= 4 is 22.7 Å². The van der Waals surface area contributed by atoms with Crippen molar-refractivity contribution in [3.05, 3.63) is 65.1 Å². The van der Waals surface area contributed by atoms with Crippen LogP contribution < -0.4 is 5.63 Å². The maximum Gasteiger partial charge on any atom is 0.337 e. The minimum absolute atomic E-state index is 0.386. The van der Waals surface area contributed by atoms with Gasteiger partial charge < -0.3 is 8.98 Å². The Morgan fingerprint density at radius 1 is 1.08 bits per heavy atom. The molecule has 24 heavy (non-hydrogen) atoms. The van der Waals surface area contributed by atoms with E-state index in [2.05, 4.69) is 15.2 Å². The van der Waals surface area contributed by atoms with E-state index < -0.39 is 0 Å². The molecule has 1 aromatic carbocycles. The molecule has 0 aliphatic heterocycles. The Labute approximate surface area is 141 Å². The van der Waals surface area contributed by atoms with Gasteiger partial charge >= 0.3 is 5.63 Å². The number of fused-ring (bicyclic) bond motifs is 1. The van der Waals surface area contributed by atoms with Gasteiger partial charge in [-0.15, -0.1) is 10.2 Å². The van der Waals surface area contributed by atoms with Crippen LogP contribution in [0.2, 0.25) is 0 Å². The summed E-state index contributed by atoms with van der Waals surface area (Å²) in [5.41, 5.74) is 0.916. The Morgan fingerprint density at radius 2 is 1.92 bits per heavy atom. The molecule has 0 aliphatic carbocycles. The predicted molar refractivity (Wildman–Crippen MR) is 90.8 cm³/mol. The lowest BCUT2D eigenvalue weighted by Crippen LogP contribution is -1.99. The number of pyridine rings is 1. The molecule has 0 radical (unpaired) electrons. The fourth-order valence-electron chi connectivity index (χ4n) is 2.39. The molecule has 3 heterocycles. The smallest absolute Gasteiger partial charge is 0.337 e. The Balaban J connectivity index is 1.78. The standard InChI is InChI=1S/C17H12N4O2S/c1-21-16(12-7-4-5-9-18-12)19-20-17(21)24-14-10-15(22)23-13-8-3-2-6-11(13)14/h2-10H,1H3. The van der Waals surface area contributed by atoms with E-state index in [1.54, 1.807) is 12.3 Å². The fraction of sp³-hybridized carbons (Fsp3) is 0.0588. The van der Waals surface area contributed by atoms with Crippen LogP contribution in [0.1, 0.15) is 0 Å². The van der Waals surface area contributed by atoms with Gasteiger partial charge in [0.1, 0.15) is 11.3 Å². The zero-order chi connectivity index (χ0) is 16.5. The molecule has 0 atom stereocenters. The number of hydrogen-bond acceptors (Lipinski definition) is 6. The quantitative estimate of drug-likeness (QED) is 0.535. The molecule has 0 fully saturated rings. The summed E-state index contributed by atoms with van der Waals surface area (Å²) in [5.74, 6) is 0.672. The van der Waals surface area contributed by atoms with Crippen LogP contribution in [0.4, 0.5) is 0 Å². The van der Waals surface area contributed by atoms with E-state index in [4.69, 9.17) is 4.42 Å². The van der Waals surface area contributed by atoms with Crippen LogP contribution in [0.25, 0.3) is 22.5 Å². The van der Waals surface area contributed by atoms with E-state index in [0.717, 1.165) is 16.0 Å². The normalized spacial score (nSPS) is 11.0. The van der Waals surface area contributed by atoms with Gasteiger partial charge in [0.2, 0.25) is 0 Å². The van der Waals surface area contributed by atoms with E-state index in [0.29, 0.717) is 16.6 Å². The molecule has 4 aromatic rings. The summed E-state index contributed by atoms with van der Waals surface area (Å²) in [5, 5.41) is 9.98. The Hall–Kier alpha value is -2.93. The molecule has 7 heteroatoms. The van der Waals surface area contributed by atoms with Gasteiger partial charge in [-0.1, -0.05) is 24.3 Å². The third-order valence-electron chi connectivity index (χ3n) is 3.54. The summed E-state index contributed by atoms with van der Waals surface area (Å²) in [4.78, 5) is 16.9. The molecule has 0 bridgehead atoms. The second kappa shape index (κ2) is 5.93. The minimum atomic E-state index is -0.386. The fourth-order valence-corrected chi connectivity index (χ4v) is 3.32. The van der Waals surface area contributed by atoms with E-state index in [-0.39, 0.29) is 5.63 Å². The van der Waals surface area contributed by atoms with Gasteiger partial charge in [0.05, 0.1) is 0 Å². The van der Waals surface area contributed by atoms with Crippen LogP contribution in [-0.2, 0) is 7.05 Å². The second-order valence-corrected chi connectivity index (χ2v) is 6.12. The van der Waals surface area contributed by atoms with Gasteiger partial charge in [-0.3, -0.25) is 4.98 Å². The van der Waals surface area contributed by atoms with Gasteiger partial charge in [0.25, 0.3) is 0 Å². The van der Waals surface area contributed by atoms with Crippen molar-refractivity contribution in [3.8, 4) is 11.5 Å². The average molecular weight is 336 g/mol. The van der Waals surface area contributed by atoms with Crippen LogP contribution in [0.15, 0.2) is 74.0 Å². The van der Waals surface area contributed by atoms with Crippen molar-refractivity contribution in [2.75, 3.05) is 0 Å². The Morgan fingerprint density at radius 3 is 2.75 bits per heavy atom. The van der Waals surface area contributed by atoms with E-state index in [9.17, 15) is 4.79 Å². The maximum absolute atomic E-state index is 11.8. The second-order valence-electron chi connectivity index (χ2n) is 5.11. The van der Waals surface area contributed by atoms with E-state index in [1.807, 2.05) is 48.0 Å². The molecule has 4 rings (SSSR count).